The lowest BCUT2D eigenvalue weighted by molar-refractivity contribution is 0.989. The lowest BCUT2D eigenvalue weighted by Gasteiger charge is -2.27. The fourth-order valence-electron chi connectivity index (χ4n) is 13.4. The van der Waals surface area contributed by atoms with Crippen molar-refractivity contribution in [3.63, 3.8) is 0 Å². The molecular formula is C87H59N7. The van der Waals surface area contributed by atoms with Crippen LogP contribution in [0.1, 0.15) is 0 Å². The normalized spacial score (nSPS) is 11.4. The number of para-hydroxylation sites is 6. The lowest BCUT2D eigenvalue weighted by Crippen LogP contribution is -2.19. The molecule has 0 aliphatic heterocycles. The fraction of sp³-hybridized carbons (Fsp3) is 0. The third-order valence-electron chi connectivity index (χ3n) is 17.9. The summed E-state index contributed by atoms with van der Waals surface area (Å²) in [5.74, 6) is 1.43. The summed E-state index contributed by atoms with van der Waals surface area (Å²) in [6.07, 6.45) is 0. The number of benzene rings is 14. The minimum Gasteiger partial charge on any atom is -0.309 e. The number of anilines is 6. The van der Waals surface area contributed by atoms with Gasteiger partial charge in [-0.2, -0.15) is 15.0 Å². The predicted molar refractivity (Wildman–Crippen MR) is 390 cm³/mol. The molecule has 0 aliphatic rings. The average Bonchev–Trinajstić information content (AvgIpc) is 1.25. The zero-order chi connectivity index (χ0) is 62.3. The van der Waals surface area contributed by atoms with Gasteiger partial charge < -0.3 is 9.13 Å². The number of hydrogen-bond acceptors (Lipinski definition) is 5. The van der Waals surface area contributed by atoms with Gasteiger partial charge in [-0.25, -0.2) is 0 Å². The summed E-state index contributed by atoms with van der Waals surface area (Å²) in [7, 11) is 0. The summed E-state index contributed by atoms with van der Waals surface area (Å²) in [6, 6.07) is 127. The number of aromatic nitrogens is 5. The summed E-state index contributed by atoms with van der Waals surface area (Å²) < 4.78 is 4.71. The molecule has 0 amide bonds. The molecule has 0 atom stereocenters. The Hall–Kier alpha value is -12.7. The largest absolute Gasteiger partial charge is 0.309 e. The molecule has 0 fully saturated rings. The average molecular weight is 1200 g/mol. The van der Waals surface area contributed by atoms with Gasteiger partial charge in [0, 0.05) is 61.2 Å². The first-order valence-corrected chi connectivity index (χ1v) is 31.8. The lowest BCUT2D eigenvalue weighted by atomic mass is 9.93. The van der Waals surface area contributed by atoms with Crippen molar-refractivity contribution >= 4 is 78.3 Å². The first-order valence-electron chi connectivity index (χ1n) is 31.8. The third kappa shape index (κ3) is 10.3. The first kappa shape index (κ1) is 55.4. The fourth-order valence-corrected chi connectivity index (χ4v) is 13.4. The molecule has 17 aromatic rings. The van der Waals surface area contributed by atoms with Crippen molar-refractivity contribution in [2.24, 2.45) is 0 Å². The maximum Gasteiger partial charge on any atom is 0.240 e. The Morgan fingerprint density at radius 1 is 0.191 bits per heavy atom. The molecule has 0 unspecified atom stereocenters. The second-order valence-electron chi connectivity index (χ2n) is 23.6. The number of fused-ring (bicyclic) bond motifs is 6. The van der Waals surface area contributed by atoms with Crippen LogP contribution in [-0.4, -0.2) is 24.1 Å². The number of hydrogen-bond donors (Lipinski definition) is 0. The van der Waals surface area contributed by atoms with Crippen molar-refractivity contribution in [3.8, 4) is 78.4 Å². The van der Waals surface area contributed by atoms with Gasteiger partial charge in [0.1, 0.15) is 0 Å². The van der Waals surface area contributed by atoms with E-state index in [9.17, 15) is 0 Å². The number of rotatable bonds is 14. The van der Waals surface area contributed by atoms with Gasteiger partial charge in [-0.05, 0) is 189 Å². The Bertz CT molecular complexity index is 5260. The van der Waals surface area contributed by atoms with Gasteiger partial charge in [0.25, 0.3) is 0 Å². The summed E-state index contributed by atoms with van der Waals surface area (Å²) in [4.78, 5) is 21.0. The van der Waals surface area contributed by atoms with Crippen LogP contribution in [0.2, 0.25) is 0 Å². The molecule has 3 aromatic heterocycles. The molecule has 17 rings (SSSR count). The third-order valence-corrected chi connectivity index (χ3v) is 17.9. The van der Waals surface area contributed by atoms with E-state index in [1.807, 2.05) is 12.1 Å². The van der Waals surface area contributed by atoms with E-state index in [2.05, 4.69) is 365 Å². The SMILES string of the molecule is c1ccc(-c2cc(-c3ccccc3)cc(-c3cccc(-c4nc(N(c5ccccc5)c5ccc(-c6ccc7c(c6)c6ccccc6n7-c6ccccc6)cc5)nc(N(c5ccccc5)c5ccc(-c6ccc7c(c6)c6ccccc6n7-c6ccccc6)cc5)n4)c3)c2)cc1. The van der Waals surface area contributed by atoms with Gasteiger partial charge in [-0.3, -0.25) is 9.80 Å². The van der Waals surface area contributed by atoms with Crippen molar-refractivity contribution < 1.29 is 0 Å². The highest BCUT2D eigenvalue weighted by Gasteiger charge is 2.25. The summed E-state index contributed by atoms with van der Waals surface area (Å²) >= 11 is 0. The van der Waals surface area contributed by atoms with Crippen LogP contribution in [0.5, 0.6) is 0 Å². The van der Waals surface area contributed by atoms with Crippen molar-refractivity contribution in [1.82, 2.24) is 24.1 Å². The molecule has 0 N–H and O–H groups in total. The van der Waals surface area contributed by atoms with E-state index in [1.54, 1.807) is 0 Å². The van der Waals surface area contributed by atoms with Crippen LogP contribution < -0.4 is 9.80 Å². The van der Waals surface area contributed by atoms with Crippen LogP contribution >= 0.6 is 0 Å². The highest BCUT2D eigenvalue weighted by molar-refractivity contribution is 6.12. The van der Waals surface area contributed by atoms with E-state index in [0.717, 1.165) is 106 Å². The predicted octanol–water partition coefficient (Wildman–Crippen LogP) is 23.0. The molecule has 0 spiro atoms. The Kier molecular flexibility index (Phi) is 14.1. The molecule has 14 aromatic carbocycles. The van der Waals surface area contributed by atoms with E-state index in [1.165, 1.54) is 32.6 Å². The molecule has 0 aliphatic carbocycles. The minimum absolute atomic E-state index is 0.456. The van der Waals surface area contributed by atoms with Gasteiger partial charge in [0.15, 0.2) is 5.82 Å². The maximum absolute atomic E-state index is 5.60. The maximum atomic E-state index is 5.60. The van der Waals surface area contributed by atoms with Gasteiger partial charge in [0.05, 0.1) is 22.1 Å². The van der Waals surface area contributed by atoms with Crippen LogP contribution in [0, 0.1) is 0 Å². The highest BCUT2D eigenvalue weighted by atomic mass is 15.3. The Labute approximate surface area is 545 Å². The van der Waals surface area contributed by atoms with E-state index in [-0.39, 0.29) is 0 Å². The highest BCUT2D eigenvalue weighted by Crippen LogP contribution is 2.43. The Balaban J connectivity index is 0.812. The zero-order valence-electron chi connectivity index (χ0n) is 51.2. The van der Waals surface area contributed by atoms with Crippen LogP contribution in [0.15, 0.2) is 358 Å². The minimum atomic E-state index is 0.456. The van der Waals surface area contributed by atoms with Gasteiger partial charge in [-0.15, -0.1) is 0 Å². The van der Waals surface area contributed by atoms with Crippen molar-refractivity contribution in [1.29, 1.82) is 0 Å². The van der Waals surface area contributed by atoms with E-state index >= 15 is 0 Å². The number of nitrogens with zero attached hydrogens (tertiary/aromatic N) is 7. The van der Waals surface area contributed by atoms with Crippen molar-refractivity contribution in [3.05, 3.63) is 358 Å². The van der Waals surface area contributed by atoms with Gasteiger partial charge in [-0.1, -0.05) is 224 Å². The zero-order valence-corrected chi connectivity index (χ0v) is 51.2. The Morgan fingerprint density at radius 2 is 0.489 bits per heavy atom. The molecule has 0 saturated heterocycles. The molecule has 7 heteroatoms. The molecular weight excluding hydrogens is 1140 g/mol. The van der Waals surface area contributed by atoms with Crippen molar-refractivity contribution in [2.45, 2.75) is 0 Å². The van der Waals surface area contributed by atoms with Crippen molar-refractivity contribution in [2.75, 3.05) is 9.80 Å². The van der Waals surface area contributed by atoms with Crippen LogP contribution in [0.3, 0.4) is 0 Å². The molecule has 0 bridgehead atoms. The monoisotopic (exact) mass is 1200 g/mol. The van der Waals surface area contributed by atoms with Crippen LogP contribution in [0.4, 0.5) is 34.6 Å². The van der Waals surface area contributed by atoms with E-state index in [0.29, 0.717) is 17.7 Å². The molecule has 0 radical (unpaired) electrons. The molecule has 3 heterocycles. The van der Waals surface area contributed by atoms with Gasteiger partial charge >= 0.3 is 0 Å². The standard InChI is InChI=1S/C87H59N7/c1-7-24-60(25-8-1)68-55-69(61-26-9-2-10-27-61)57-70(56-68)64-28-23-29-67(54-64)85-88-86(91(71-30-11-3-12-31-71)75-48-42-62(43-49-75)65-46-52-83-79(58-65)77-38-19-21-40-81(77)93(83)73-34-15-5-16-35-73)90-87(89-85)92(72-32-13-4-14-33-72)76-50-44-63(45-51-76)66-47-53-84-80(59-66)78-39-20-22-41-82(78)94(84)74-36-17-6-18-37-74/h1-59H. The second kappa shape index (κ2) is 23.9. The van der Waals surface area contributed by atoms with E-state index < -0.39 is 0 Å². The smallest absolute Gasteiger partial charge is 0.240 e. The second-order valence-corrected chi connectivity index (χ2v) is 23.6. The van der Waals surface area contributed by atoms with Crippen LogP contribution in [0.25, 0.3) is 122 Å². The summed E-state index contributed by atoms with van der Waals surface area (Å²) in [5, 5.41) is 4.82. The summed E-state index contributed by atoms with van der Waals surface area (Å²) in [6.45, 7) is 0. The molecule has 0 saturated carbocycles. The van der Waals surface area contributed by atoms with Crippen LogP contribution in [-0.2, 0) is 0 Å². The summed E-state index contributed by atoms with van der Waals surface area (Å²) in [5.41, 5.74) is 22.4. The molecule has 442 valence electrons. The Morgan fingerprint density at radius 3 is 0.926 bits per heavy atom. The quantitative estimate of drug-likeness (QED) is 0.109. The van der Waals surface area contributed by atoms with E-state index in [4.69, 9.17) is 15.0 Å². The first-order chi connectivity index (χ1) is 46.6. The molecule has 94 heavy (non-hydrogen) atoms. The van der Waals surface area contributed by atoms with Gasteiger partial charge in [0.2, 0.25) is 11.9 Å². The molecule has 7 nitrogen and oxygen atoms in total. The topological polar surface area (TPSA) is 55.0 Å².